The Balaban J connectivity index is 1.55. The first-order valence-electron chi connectivity index (χ1n) is 8.75. The number of para-hydroxylation sites is 2. The Morgan fingerprint density at radius 3 is 2.50 bits per heavy atom. The van der Waals surface area contributed by atoms with Gasteiger partial charge in [-0.15, -0.1) is 0 Å². The van der Waals surface area contributed by atoms with Gasteiger partial charge >= 0.3 is 6.18 Å². The number of halogens is 3. The number of hydrogen-bond donors (Lipinski definition) is 1. The van der Waals surface area contributed by atoms with Gasteiger partial charge in [0.2, 0.25) is 5.91 Å². The van der Waals surface area contributed by atoms with Crippen molar-refractivity contribution in [1.82, 2.24) is 5.32 Å². The lowest BCUT2D eigenvalue weighted by atomic mass is 10.1. The van der Waals surface area contributed by atoms with Gasteiger partial charge in [-0.3, -0.25) is 14.5 Å². The summed E-state index contributed by atoms with van der Waals surface area (Å²) >= 11 is 0. The number of carbonyl (C=O) groups is 2. The summed E-state index contributed by atoms with van der Waals surface area (Å²) < 4.78 is 43.2. The summed E-state index contributed by atoms with van der Waals surface area (Å²) in [5.74, 6) is -0.132. The van der Waals surface area contributed by atoms with E-state index in [2.05, 4.69) is 5.32 Å². The molecule has 0 aliphatic carbocycles. The van der Waals surface area contributed by atoms with E-state index in [4.69, 9.17) is 4.74 Å². The first kappa shape index (κ1) is 19.7. The first-order valence-corrected chi connectivity index (χ1v) is 8.75. The molecule has 28 heavy (non-hydrogen) atoms. The number of fused-ring (bicyclic) bond motifs is 1. The lowest BCUT2D eigenvalue weighted by Crippen LogP contribution is -2.49. The smallest absolute Gasteiger partial charge is 0.416 e. The Morgan fingerprint density at radius 1 is 1.14 bits per heavy atom. The average molecular weight is 392 g/mol. The molecule has 0 saturated heterocycles. The highest BCUT2D eigenvalue weighted by atomic mass is 19.4. The minimum atomic E-state index is -4.37. The number of ether oxygens (including phenoxy) is 1. The largest absolute Gasteiger partial charge is 0.479 e. The molecule has 0 aromatic heterocycles. The van der Waals surface area contributed by atoms with Crippen LogP contribution >= 0.6 is 0 Å². The Labute approximate surface area is 160 Å². The third-order valence-electron chi connectivity index (χ3n) is 4.39. The molecule has 1 heterocycles. The summed E-state index contributed by atoms with van der Waals surface area (Å²) in [4.78, 5) is 26.0. The molecule has 1 unspecified atom stereocenters. The fourth-order valence-corrected chi connectivity index (χ4v) is 2.93. The SMILES string of the molecule is CC1Oc2ccccc2N(CC(=O)NCCc2ccc(C(F)(F)F)cc2)C1=O. The highest BCUT2D eigenvalue weighted by Gasteiger charge is 2.32. The van der Waals surface area contributed by atoms with Crippen molar-refractivity contribution in [3.05, 3.63) is 59.7 Å². The molecule has 1 aliphatic heterocycles. The highest BCUT2D eigenvalue weighted by molar-refractivity contribution is 6.03. The summed E-state index contributed by atoms with van der Waals surface area (Å²) in [6.45, 7) is 1.71. The minimum absolute atomic E-state index is 0.156. The Hall–Kier alpha value is -3.03. The average Bonchev–Trinajstić information content (AvgIpc) is 2.65. The van der Waals surface area contributed by atoms with Crippen molar-refractivity contribution in [2.45, 2.75) is 25.6 Å². The van der Waals surface area contributed by atoms with Gasteiger partial charge in [0.25, 0.3) is 5.91 Å². The number of nitrogens with zero attached hydrogens (tertiary/aromatic N) is 1. The topological polar surface area (TPSA) is 58.6 Å². The van der Waals surface area contributed by atoms with Crippen LogP contribution in [0.2, 0.25) is 0 Å². The number of amides is 2. The minimum Gasteiger partial charge on any atom is -0.479 e. The van der Waals surface area contributed by atoms with Crippen molar-refractivity contribution < 1.29 is 27.5 Å². The standard InChI is InChI=1S/C20H19F3N2O3/c1-13-19(27)25(16-4-2-3-5-17(16)28-13)12-18(26)24-11-10-14-6-8-15(9-7-14)20(21,22)23/h2-9,13H,10-12H2,1H3,(H,24,26). The van der Waals surface area contributed by atoms with Crippen molar-refractivity contribution >= 4 is 17.5 Å². The molecule has 0 radical (unpaired) electrons. The third kappa shape index (κ3) is 4.44. The van der Waals surface area contributed by atoms with E-state index in [0.717, 1.165) is 12.1 Å². The number of nitrogens with one attached hydrogen (secondary N) is 1. The molecule has 0 saturated carbocycles. The number of hydrogen-bond acceptors (Lipinski definition) is 3. The maximum atomic E-state index is 12.6. The summed E-state index contributed by atoms with van der Waals surface area (Å²) in [6, 6.07) is 11.8. The molecule has 0 bridgehead atoms. The molecule has 2 amide bonds. The van der Waals surface area contributed by atoms with Crippen LogP contribution in [-0.4, -0.2) is 31.0 Å². The van der Waals surface area contributed by atoms with Crippen LogP contribution in [0.3, 0.4) is 0 Å². The molecule has 2 aromatic rings. The summed E-state index contributed by atoms with van der Waals surface area (Å²) in [7, 11) is 0. The van der Waals surface area contributed by atoms with Gasteiger partial charge in [0, 0.05) is 6.54 Å². The quantitative estimate of drug-likeness (QED) is 0.850. The van der Waals surface area contributed by atoms with E-state index in [1.54, 1.807) is 31.2 Å². The van der Waals surface area contributed by atoms with Crippen LogP contribution in [0.25, 0.3) is 0 Å². The van der Waals surface area contributed by atoms with Crippen molar-refractivity contribution in [2.24, 2.45) is 0 Å². The second kappa shape index (κ2) is 7.92. The Kier molecular flexibility index (Phi) is 5.58. The third-order valence-corrected chi connectivity index (χ3v) is 4.39. The maximum absolute atomic E-state index is 12.6. The van der Waals surface area contributed by atoms with Gasteiger partial charge in [-0.05, 0) is 43.2 Å². The molecule has 148 valence electrons. The Bertz CT molecular complexity index is 866. The monoisotopic (exact) mass is 392 g/mol. The second-order valence-electron chi connectivity index (χ2n) is 6.45. The molecule has 1 atom stereocenters. The van der Waals surface area contributed by atoms with Crippen LogP contribution in [0, 0.1) is 0 Å². The molecule has 5 nitrogen and oxygen atoms in total. The summed E-state index contributed by atoms with van der Waals surface area (Å²) in [5, 5.41) is 2.69. The fourth-order valence-electron chi connectivity index (χ4n) is 2.93. The van der Waals surface area contributed by atoms with E-state index >= 15 is 0 Å². The predicted octanol–water partition coefficient (Wildman–Crippen LogP) is 3.18. The van der Waals surface area contributed by atoms with E-state index < -0.39 is 17.8 Å². The lowest BCUT2D eigenvalue weighted by molar-refractivity contribution is -0.137. The van der Waals surface area contributed by atoms with Crippen LogP contribution in [0.5, 0.6) is 5.75 Å². The number of alkyl halides is 3. The van der Waals surface area contributed by atoms with Gasteiger partial charge in [0.1, 0.15) is 12.3 Å². The second-order valence-corrected chi connectivity index (χ2v) is 6.45. The highest BCUT2D eigenvalue weighted by Crippen LogP contribution is 2.33. The maximum Gasteiger partial charge on any atom is 0.416 e. The number of rotatable bonds is 5. The molecule has 2 aromatic carbocycles. The molecular weight excluding hydrogens is 373 g/mol. The molecule has 3 rings (SSSR count). The van der Waals surface area contributed by atoms with Crippen LogP contribution in [0.15, 0.2) is 48.5 Å². The van der Waals surface area contributed by atoms with Gasteiger partial charge < -0.3 is 10.1 Å². The zero-order chi connectivity index (χ0) is 20.3. The van der Waals surface area contributed by atoms with Gasteiger partial charge in [0.05, 0.1) is 11.3 Å². The number of anilines is 1. The zero-order valence-electron chi connectivity index (χ0n) is 15.1. The lowest BCUT2D eigenvalue weighted by Gasteiger charge is -2.32. The van der Waals surface area contributed by atoms with Crippen LogP contribution in [0.1, 0.15) is 18.1 Å². The van der Waals surface area contributed by atoms with E-state index in [9.17, 15) is 22.8 Å². The molecular formula is C20H19F3N2O3. The first-order chi connectivity index (χ1) is 13.3. The Morgan fingerprint density at radius 2 is 1.82 bits per heavy atom. The van der Waals surface area contributed by atoms with Gasteiger partial charge in [-0.25, -0.2) is 0 Å². The van der Waals surface area contributed by atoms with Crippen LogP contribution < -0.4 is 15.0 Å². The van der Waals surface area contributed by atoms with Gasteiger partial charge in [-0.2, -0.15) is 13.2 Å². The van der Waals surface area contributed by atoms with Crippen LogP contribution in [0.4, 0.5) is 18.9 Å². The van der Waals surface area contributed by atoms with Crippen molar-refractivity contribution in [1.29, 1.82) is 0 Å². The van der Waals surface area contributed by atoms with Gasteiger partial charge in [-0.1, -0.05) is 24.3 Å². The molecule has 1 N–H and O–H groups in total. The number of carbonyl (C=O) groups excluding carboxylic acids is 2. The van der Waals surface area contributed by atoms with E-state index in [-0.39, 0.29) is 24.9 Å². The van der Waals surface area contributed by atoms with E-state index in [1.165, 1.54) is 17.0 Å². The van der Waals surface area contributed by atoms with Crippen molar-refractivity contribution in [2.75, 3.05) is 18.0 Å². The van der Waals surface area contributed by atoms with Crippen molar-refractivity contribution in [3.63, 3.8) is 0 Å². The molecule has 0 fully saturated rings. The molecule has 0 spiro atoms. The van der Waals surface area contributed by atoms with Crippen LogP contribution in [-0.2, 0) is 22.2 Å². The van der Waals surface area contributed by atoms with E-state index in [1.807, 2.05) is 0 Å². The molecule has 1 aliphatic rings. The number of benzene rings is 2. The van der Waals surface area contributed by atoms with Gasteiger partial charge in [0.15, 0.2) is 6.10 Å². The van der Waals surface area contributed by atoms with Crippen molar-refractivity contribution in [3.8, 4) is 5.75 Å². The zero-order valence-corrected chi connectivity index (χ0v) is 15.1. The fraction of sp³-hybridized carbons (Fsp3) is 0.300. The molecule has 8 heteroatoms. The summed E-state index contributed by atoms with van der Waals surface area (Å²) in [6.07, 6.45) is -4.67. The summed E-state index contributed by atoms with van der Waals surface area (Å²) in [5.41, 5.74) is 0.497. The predicted molar refractivity (Wildman–Crippen MR) is 97.0 cm³/mol. The normalized spacial score (nSPS) is 16.4. The van der Waals surface area contributed by atoms with E-state index in [0.29, 0.717) is 23.4 Å².